The van der Waals surface area contributed by atoms with E-state index in [2.05, 4.69) is 0 Å². The first kappa shape index (κ1) is 14.2. The third-order valence-electron chi connectivity index (χ3n) is 2.42. The molecule has 0 radical (unpaired) electrons. The molecule has 0 spiro atoms. The molecule has 0 bridgehead atoms. The molecule has 0 fully saturated rings. The summed E-state index contributed by atoms with van der Waals surface area (Å²) in [6.45, 7) is -0.326. The van der Waals surface area contributed by atoms with Crippen LogP contribution in [0.2, 0.25) is 0 Å². The van der Waals surface area contributed by atoms with Gasteiger partial charge < -0.3 is 32.3 Å². The van der Waals surface area contributed by atoms with Crippen molar-refractivity contribution in [1.82, 2.24) is 15.0 Å². The molecule has 10 nitrogen and oxygen atoms in total. The smallest absolute Gasteiger partial charge is 0.179 e. The second kappa shape index (κ2) is 5.64. The lowest BCUT2D eigenvalue weighted by atomic mass is 10.3. The van der Waals surface area contributed by atoms with Crippen LogP contribution in [0.4, 0.5) is 0 Å². The Kier molecular flexibility index (Phi) is 4.44. The van der Waals surface area contributed by atoms with E-state index in [-0.39, 0.29) is 49.6 Å². The van der Waals surface area contributed by atoms with Crippen molar-refractivity contribution in [2.75, 3.05) is 26.3 Å². The van der Waals surface area contributed by atoms with E-state index in [1.165, 1.54) is 4.90 Å². The number of aliphatic hydroxyl groups excluding tert-OH is 2. The standard InChI is InChI=1S/C8H18N6O4/c9-5-6(10)14(18)8(7(11)13(5)17)12(1-3-15)2-4-16/h15-18H,1-4,9-11H2. The Labute approximate surface area is 103 Å². The Balaban J connectivity index is 3.11. The third kappa shape index (κ3) is 2.36. The van der Waals surface area contributed by atoms with Gasteiger partial charge in [-0.25, -0.2) is 0 Å². The highest BCUT2D eigenvalue weighted by Gasteiger charge is 2.31. The van der Waals surface area contributed by atoms with Gasteiger partial charge in [-0.05, 0) is 0 Å². The Hall–Kier alpha value is -1.88. The molecule has 1 aliphatic heterocycles. The molecule has 0 aliphatic carbocycles. The van der Waals surface area contributed by atoms with E-state index in [0.717, 1.165) is 0 Å². The quantitative estimate of drug-likeness (QED) is 0.268. The molecule has 1 rings (SSSR count). The zero-order chi connectivity index (χ0) is 13.9. The molecule has 0 aromatic carbocycles. The SMILES string of the molecule is NC1=C(N)N(O)C(N(CCO)CCO)=C(N)N1O. The third-order valence-corrected chi connectivity index (χ3v) is 2.42. The largest absolute Gasteiger partial charge is 0.395 e. The molecule has 0 aromatic rings. The van der Waals surface area contributed by atoms with Crippen LogP contribution in [-0.2, 0) is 0 Å². The van der Waals surface area contributed by atoms with Crippen molar-refractivity contribution in [3.8, 4) is 0 Å². The van der Waals surface area contributed by atoms with Gasteiger partial charge >= 0.3 is 0 Å². The van der Waals surface area contributed by atoms with Gasteiger partial charge in [0.2, 0.25) is 0 Å². The predicted molar refractivity (Wildman–Crippen MR) is 59.6 cm³/mol. The lowest BCUT2D eigenvalue weighted by molar-refractivity contribution is -0.100. The van der Waals surface area contributed by atoms with Crippen molar-refractivity contribution in [2.24, 2.45) is 17.2 Å². The molecule has 0 saturated heterocycles. The predicted octanol–water partition coefficient (Wildman–Crippen LogP) is -3.20. The molecule has 0 atom stereocenters. The van der Waals surface area contributed by atoms with Gasteiger partial charge in [-0.1, -0.05) is 0 Å². The van der Waals surface area contributed by atoms with E-state index in [0.29, 0.717) is 10.1 Å². The lowest BCUT2D eigenvalue weighted by Gasteiger charge is -2.37. The molecule has 10 heteroatoms. The van der Waals surface area contributed by atoms with Crippen LogP contribution < -0.4 is 17.2 Å². The Morgan fingerprint density at radius 3 is 1.72 bits per heavy atom. The average Bonchev–Trinajstić information content (AvgIpc) is 2.35. The Morgan fingerprint density at radius 1 is 0.833 bits per heavy atom. The summed E-state index contributed by atoms with van der Waals surface area (Å²) >= 11 is 0. The first-order valence-corrected chi connectivity index (χ1v) is 5.15. The summed E-state index contributed by atoms with van der Waals surface area (Å²) in [5.74, 6) is -0.993. The first-order chi connectivity index (χ1) is 8.45. The van der Waals surface area contributed by atoms with Gasteiger partial charge in [0.05, 0.1) is 13.2 Å². The highest BCUT2D eigenvalue weighted by Crippen LogP contribution is 2.23. The van der Waals surface area contributed by atoms with Crippen LogP contribution in [-0.4, -0.2) is 62.0 Å². The molecule has 1 heterocycles. The minimum absolute atomic E-state index is 0.0766. The maximum absolute atomic E-state index is 9.81. The van der Waals surface area contributed by atoms with Gasteiger partial charge in [-0.15, -0.1) is 0 Å². The summed E-state index contributed by atoms with van der Waals surface area (Å²) in [4.78, 5) is 1.35. The highest BCUT2D eigenvalue weighted by atomic mass is 16.5. The van der Waals surface area contributed by atoms with Crippen LogP contribution in [0.15, 0.2) is 23.3 Å². The van der Waals surface area contributed by atoms with E-state index in [4.69, 9.17) is 27.4 Å². The van der Waals surface area contributed by atoms with Crippen LogP contribution in [0, 0.1) is 0 Å². The van der Waals surface area contributed by atoms with Crippen LogP contribution in [0.25, 0.3) is 0 Å². The Morgan fingerprint density at radius 2 is 1.28 bits per heavy atom. The fraction of sp³-hybridized carbons (Fsp3) is 0.500. The van der Waals surface area contributed by atoms with Crippen molar-refractivity contribution >= 4 is 0 Å². The van der Waals surface area contributed by atoms with Gasteiger partial charge in [0.15, 0.2) is 23.3 Å². The molecular formula is C8H18N6O4. The molecule has 18 heavy (non-hydrogen) atoms. The van der Waals surface area contributed by atoms with Crippen molar-refractivity contribution in [3.63, 3.8) is 0 Å². The number of aliphatic hydroxyl groups is 2. The van der Waals surface area contributed by atoms with Crippen LogP contribution in [0.1, 0.15) is 0 Å². The number of nitrogens with two attached hydrogens (primary N) is 3. The first-order valence-electron chi connectivity index (χ1n) is 5.15. The normalized spacial score (nSPS) is 16.7. The van der Waals surface area contributed by atoms with E-state index >= 15 is 0 Å². The van der Waals surface area contributed by atoms with Gasteiger partial charge in [0.1, 0.15) is 0 Å². The number of nitrogens with zero attached hydrogens (tertiary/aromatic N) is 3. The van der Waals surface area contributed by atoms with Crippen molar-refractivity contribution in [3.05, 3.63) is 23.3 Å². The fourth-order valence-corrected chi connectivity index (χ4v) is 1.53. The molecule has 1 aliphatic rings. The molecular weight excluding hydrogens is 244 g/mol. The maximum Gasteiger partial charge on any atom is 0.179 e. The average molecular weight is 262 g/mol. The fourth-order valence-electron chi connectivity index (χ4n) is 1.53. The van der Waals surface area contributed by atoms with E-state index in [1.54, 1.807) is 0 Å². The van der Waals surface area contributed by atoms with Gasteiger partial charge in [-0.2, -0.15) is 10.1 Å². The second-order valence-electron chi connectivity index (χ2n) is 3.54. The summed E-state index contributed by atoms with van der Waals surface area (Å²) in [5, 5.41) is 38.1. The van der Waals surface area contributed by atoms with Crippen LogP contribution in [0.5, 0.6) is 0 Å². The number of hydrogen-bond donors (Lipinski definition) is 7. The highest BCUT2D eigenvalue weighted by molar-refractivity contribution is 5.22. The van der Waals surface area contributed by atoms with Crippen molar-refractivity contribution in [1.29, 1.82) is 0 Å². The zero-order valence-electron chi connectivity index (χ0n) is 9.69. The summed E-state index contributed by atoms with van der Waals surface area (Å²) < 4.78 is 0. The number of hydroxylamine groups is 4. The van der Waals surface area contributed by atoms with Crippen LogP contribution >= 0.6 is 0 Å². The second-order valence-corrected chi connectivity index (χ2v) is 3.54. The van der Waals surface area contributed by atoms with Gasteiger partial charge in [0, 0.05) is 13.1 Å². The monoisotopic (exact) mass is 262 g/mol. The van der Waals surface area contributed by atoms with Crippen molar-refractivity contribution < 1.29 is 20.6 Å². The zero-order valence-corrected chi connectivity index (χ0v) is 9.69. The minimum Gasteiger partial charge on any atom is -0.395 e. The van der Waals surface area contributed by atoms with Crippen LogP contribution in [0.3, 0.4) is 0 Å². The van der Waals surface area contributed by atoms with Gasteiger partial charge in [-0.3, -0.25) is 10.4 Å². The van der Waals surface area contributed by atoms with E-state index in [1.807, 2.05) is 0 Å². The number of hydrogen-bond acceptors (Lipinski definition) is 10. The maximum atomic E-state index is 9.81. The Bertz CT molecular complexity index is 365. The topological polar surface area (TPSA) is 169 Å². The van der Waals surface area contributed by atoms with E-state index < -0.39 is 0 Å². The molecule has 0 aromatic heterocycles. The van der Waals surface area contributed by atoms with Gasteiger partial charge in [0.25, 0.3) is 0 Å². The molecule has 104 valence electrons. The number of rotatable bonds is 5. The summed E-state index contributed by atoms with van der Waals surface area (Å²) in [5.41, 5.74) is 16.5. The molecule has 0 amide bonds. The molecule has 10 N–H and O–H groups in total. The minimum atomic E-state index is -0.327. The summed E-state index contributed by atoms with van der Waals surface area (Å²) in [6.07, 6.45) is 0. The summed E-state index contributed by atoms with van der Waals surface area (Å²) in [6, 6.07) is 0. The van der Waals surface area contributed by atoms with E-state index in [9.17, 15) is 10.4 Å². The lowest BCUT2D eigenvalue weighted by Crippen LogP contribution is -2.49. The molecule has 0 unspecified atom stereocenters. The van der Waals surface area contributed by atoms with Crippen molar-refractivity contribution in [2.45, 2.75) is 0 Å². The molecule has 0 saturated carbocycles. The summed E-state index contributed by atoms with van der Waals surface area (Å²) in [7, 11) is 0.